The molecule has 0 saturated carbocycles. The minimum Gasteiger partial charge on any atom is -0.480 e. The fourth-order valence-electron chi connectivity index (χ4n) is 1.56. The van der Waals surface area contributed by atoms with Crippen molar-refractivity contribution in [2.24, 2.45) is 5.73 Å². The van der Waals surface area contributed by atoms with Gasteiger partial charge in [-0.1, -0.05) is 11.6 Å². The van der Waals surface area contributed by atoms with Crippen LogP contribution in [0.3, 0.4) is 0 Å². The zero-order valence-electron chi connectivity index (χ0n) is 10.3. The third-order valence-electron chi connectivity index (χ3n) is 2.54. The van der Waals surface area contributed by atoms with Crippen molar-refractivity contribution in [2.75, 3.05) is 5.75 Å². The topological polar surface area (TPSA) is 97.7 Å². The van der Waals surface area contributed by atoms with Crippen molar-refractivity contribution in [2.45, 2.75) is 11.8 Å². The first kappa shape index (κ1) is 14.8. The maximum absolute atomic E-state index is 11.9. The average molecular weight is 314 g/mol. The van der Waals surface area contributed by atoms with E-state index in [1.54, 1.807) is 12.1 Å². The Hall–Kier alpha value is -1.57. The van der Waals surface area contributed by atoms with E-state index in [0.29, 0.717) is 22.1 Å². The Kier molecular flexibility index (Phi) is 4.64. The lowest BCUT2D eigenvalue weighted by Crippen LogP contribution is -2.32. The smallest absolute Gasteiger partial charge is 0.321 e. The number of nitrogens with two attached hydrogens (primary N) is 1. The van der Waals surface area contributed by atoms with Crippen LogP contribution in [0, 0.1) is 0 Å². The maximum Gasteiger partial charge on any atom is 0.321 e. The molecule has 106 valence electrons. The Bertz CT molecular complexity index is 704. The van der Waals surface area contributed by atoms with Gasteiger partial charge < -0.3 is 10.8 Å². The Balaban J connectivity index is 2.14. The van der Waals surface area contributed by atoms with Crippen molar-refractivity contribution in [1.82, 2.24) is 9.38 Å². The molecule has 1 atom stereocenters. The normalized spacial score (nSPS) is 12.5. The summed E-state index contributed by atoms with van der Waals surface area (Å²) < 4.78 is 1.36. The van der Waals surface area contributed by atoms with Crippen LogP contribution in [0.4, 0.5) is 0 Å². The van der Waals surface area contributed by atoms with E-state index in [1.165, 1.54) is 28.4 Å². The van der Waals surface area contributed by atoms with Crippen molar-refractivity contribution < 1.29 is 9.90 Å². The largest absolute Gasteiger partial charge is 0.480 e. The second-order valence-electron chi connectivity index (χ2n) is 4.12. The first-order valence-electron chi connectivity index (χ1n) is 5.71. The molecule has 0 radical (unpaired) electrons. The number of pyridine rings is 1. The van der Waals surface area contributed by atoms with Crippen molar-refractivity contribution in [3.63, 3.8) is 0 Å². The molecular formula is C12H12ClN3O3S. The van der Waals surface area contributed by atoms with Gasteiger partial charge in [-0.05, 0) is 12.1 Å². The highest BCUT2D eigenvalue weighted by molar-refractivity contribution is 7.98. The standard InChI is InChI=1S/C12H12ClN3O3S/c13-7-1-2-10-15-8(3-11(17)16(10)4-7)5-20-6-9(14)12(18)19/h1-4,9H,5-6,14H2,(H,18,19)/t9-/m0/s1. The van der Waals surface area contributed by atoms with E-state index in [2.05, 4.69) is 4.98 Å². The zero-order chi connectivity index (χ0) is 14.7. The Labute approximate surface area is 123 Å². The van der Waals surface area contributed by atoms with E-state index in [1.807, 2.05) is 0 Å². The van der Waals surface area contributed by atoms with Gasteiger partial charge in [-0.15, -0.1) is 0 Å². The van der Waals surface area contributed by atoms with Crippen molar-refractivity contribution in [1.29, 1.82) is 0 Å². The second-order valence-corrected chi connectivity index (χ2v) is 5.59. The summed E-state index contributed by atoms with van der Waals surface area (Å²) in [5, 5.41) is 9.13. The number of halogens is 1. The number of hydrogen-bond donors (Lipinski definition) is 2. The Morgan fingerprint density at radius 1 is 1.55 bits per heavy atom. The van der Waals surface area contributed by atoms with E-state index in [9.17, 15) is 9.59 Å². The van der Waals surface area contributed by atoms with Gasteiger partial charge in [0.05, 0.1) is 10.7 Å². The summed E-state index contributed by atoms with van der Waals surface area (Å²) in [4.78, 5) is 26.8. The van der Waals surface area contributed by atoms with Gasteiger partial charge in [0.15, 0.2) is 0 Å². The number of carboxylic acids is 1. The summed E-state index contributed by atoms with van der Waals surface area (Å²) >= 11 is 7.14. The summed E-state index contributed by atoms with van der Waals surface area (Å²) in [6.07, 6.45) is 1.50. The highest BCUT2D eigenvalue weighted by Crippen LogP contribution is 2.12. The van der Waals surface area contributed by atoms with Crippen LogP contribution in [0.2, 0.25) is 5.02 Å². The van der Waals surface area contributed by atoms with Gasteiger partial charge in [0.1, 0.15) is 11.7 Å². The summed E-state index contributed by atoms with van der Waals surface area (Å²) in [6.45, 7) is 0. The van der Waals surface area contributed by atoms with Crippen LogP contribution in [-0.2, 0) is 10.5 Å². The third-order valence-corrected chi connectivity index (χ3v) is 3.86. The minimum absolute atomic E-state index is 0.226. The predicted octanol–water partition coefficient (Wildman–Crippen LogP) is 0.993. The first-order valence-corrected chi connectivity index (χ1v) is 7.24. The number of carboxylic acid groups (broad SMARTS) is 1. The molecule has 3 N–H and O–H groups in total. The fourth-order valence-corrected chi connectivity index (χ4v) is 2.59. The summed E-state index contributed by atoms with van der Waals surface area (Å²) in [7, 11) is 0. The number of hydrogen-bond acceptors (Lipinski definition) is 5. The van der Waals surface area contributed by atoms with Gasteiger partial charge >= 0.3 is 5.97 Å². The molecule has 0 saturated heterocycles. The van der Waals surface area contributed by atoms with Crippen molar-refractivity contribution in [3.8, 4) is 0 Å². The van der Waals surface area contributed by atoms with Gasteiger partial charge in [-0.2, -0.15) is 11.8 Å². The van der Waals surface area contributed by atoms with Gasteiger partial charge in [-0.25, -0.2) is 4.98 Å². The lowest BCUT2D eigenvalue weighted by atomic mass is 10.4. The van der Waals surface area contributed by atoms with Crippen LogP contribution in [0.25, 0.3) is 5.65 Å². The molecule has 2 aromatic heterocycles. The molecule has 6 nitrogen and oxygen atoms in total. The summed E-state index contributed by atoms with van der Waals surface area (Å²) in [5.74, 6) is -0.356. The zero-order valence-corrected chi connectivity index (χ0v) is 11.9. The van der Waals surface area contributed by atoms with Crippen LogP contribution in [0.5, 0.6) is 0 Å². The number of aromatic nitrogens is 2. The highest BCUT2D eigenvalue weighted by atomic mass is 35.5. The molecule has 2 aromatic rings. The SMILES string of the molecule is N[C@@H](CSCc1cc(=O)n2cc(Cl)ccc2n1)C(=O)O. The molecule has 0 fully saturated rings. The molecule has 8 heteroatoms. The van der Waals surface area contributed by atoms with Gasteiger partial charge in [0.25, 0.3) is 5.56 Å². The van der Waals surface area contributed by atoms with Crippen LogP contribution >= 0.6 is 23.4 Å². The Morgan fingerprint density at radius 2 is 2.30 bits per heavy atom. The third kappa shape index (κ3) is 3.50. The van der Waals surface area contributed by atoms with Crippen molar-refractivity contribution in [3.05, 3.63) is 45.5 Å². The molecule has 0 bridgehead atoms. The molecule has 20 heavy (non-hydrogen) atoms. The number of rotatable bonds is 5. The molecule has 0 aliphatic carbocycles. The molecule has 2 heterocycles. The highest BCUT2D eigenvalue weighted by Gasteiger charge is 2.11. The van der Waals surface area contributed by atoms with Crippen LogP contribution in [-0.4, -0.2) is 32.3 Å². The van der Waals surface area contributed by atoms with Gasteiger partial charge in [-0.3, -0.25) is 14.0 Å². The van der Waals surface area contributed by atoms with Crippen molar-refractivity contribution >= 4 is 35.0 Å². The fraction of sp³-hybridized carbons (Fsp3) is 0.250. The molecule has 0 aromatic carbocycles. The van der Waals surface area contributed by atoms with Crippen LogP contribution in [0.1, 0.15) is 5.69 Å². The Morgan fingerprint density at radius 3 is 3.00 bits per heavy atom. The monoisotopic (exact) mass is 313 g/mol. The van der Waals surface area contributed by atoms with Gasteiger partial charge in [0.2, 0.25) is 0 Å². The number of fused-ring (bicyclic) bond motifs is 1. The molecule has 0 spiro atoms. The molecular weight excluding hydrogens is 302 g/mol. The summed E-state index contributed by atoms with van der Waals surface area (Å²) in [6, 6.07) is 3.80. The lowest BCUT2D eigenvalue weighted by Gasteiger charge is -2.06. The van der Waals surface area contributed by atoms with E-state index in [-0.39, 0.29) is 11.3 Å². The average Bonchev–Trinajstić information content (AvgIpc) is 2.39. The number of nitrogens with zero attached hydrogens (tertiary/aromatic N) is 2. The number of aliphatic carboxylic acids is 1. The molecule has 0 unspecified atom stereocenters. The van der Waals surface area contributed by atoms with Gasteiger partial charge in [0, 0.05) is 23.8 Å². The lowest BCUT2D eigenvalue weighted by molar-refractivity contribution is -0.137. The first-order chi connectivity index (χ1) is 9.47. The quantitative estimate of drug-likeness (QED) is 0.854. The van der Waals surface area contributed by atoms with E-state index in [4.69, 9.17) is 22.4 Å². The second kappa shape index (κ2) is 6.25. The van der Waals surface area contributed by atoms with E-state index >= 15 is 0 Å². The number of thioether (sulfide) groups is 1. The van der Waals surface area contributed by atoms with Crippen LogP contribution in [0.15, 0.2) is 29.2 Å². The van der Waals surface area contributed by atoms with E-state index < -0.39 is 12.0 Å². The molecule has 0 amide bonds. The molecule has 0 aliphatic rings. The van der Waals surface area contributed by atoms with E-state index in [0.717, 1.165) is 0 Å². The minimum atomic E-state index is -1.04. The molecule has 2 rings (SSSR count). The number of carbonyl (C=O) groups is 1. The summed E-state index contributed by atoms with van der Waals surface area (Å²) in [5.41, 5.74) is 6.25. The molecule has 0 aliphatic heterocycles. The predicted molar refractivity (Wildman–Crippen MR) is 78.2 cm³/mol. The maximum atomic E-state index is 11.9. The van der Waals surface area contributed by atoms with Crippen LogP contribution < -0.4 is 11.3 Å².